The molecule has 1 amide bonds. The summed E-state index contributed by atoms with van der Waals surface area (Å²) in [6.07, 6.45) is 1.00. The van der Waals surface area contributed by atoms with E-state index in [4.69, 9.17) is 14.6 Å². The van der Waals surface area contributed by atoms with Crippen LogP contribution in [-0.4, -0.2) is 37.7 Å². The Morgan fingerprint density at radius 2 is 1.80 bits per heavy atom. The molecule has 0 saturated heterocycles. The molecule has 0 radical (unpaired) electrons. The summed E-state index contributed by atoms with van der Waals surface area (Å²) in [7, 11) is 3.32. The van der Waals surface area contributed by atoms with Crippen LogP contribution in [0.4, 0.5) is 5.69 Å². The summed E-state index contributed by atoms with van der Waals surface area (Å²) in [5.74, 6) is 0.176. The summed E-state index contributed by atoms with van der Waals surface area (Å²) >= 11 is 0. The van der Waals surface area contributed by atoms with Gasteiger partial charge in [-0.15, -0.1) is 0 Å². The van der Waals surface area contributed by atoms with E-state index in [0.29, 0.717) is 18.6 Å². The van der Waals surface area contributed by atoms with Gasteiger partial charge in [0.1, 0.15) is 11.5 Å². The Kier molecular flexibility index (Phi) is 6.39. The minimum Gasteiger partial charge on any atom is -0.497 e. The van der Waals surface area contributed by atoms with E-state index < -0.39 is 12.6 Å². The monoisotopic (exact) mass is 343 g/mol. The summed E-state index contributed by atoms with van der Waals surface area (Å²) in [5, 5.41) is 8.59. The van der Waals surface area contributed by atoms with E-state index in [1.54, 1.807) is 43.3 Å². The number of methoxy groups -OCH3 is 1. The smallest absolute Gasteiger partial charge is 0.341 e. The Bertz CT molecular complexity index is 727. The number of benzene rings is 2. The summed E-state index contributed by atoms with van der Waals surface area (Å²) < 4.78 is 10.3. The number of nitrogens with zero attached hydrogens (tertiary/aromatic N) is 1. The molecule has 2 aromatic rings. The Morgan fingerprint density at radius 1 is 1.08 bits per heavy atom. The van der Waals surface area contributed by atoms with Crippen LogP contribution >= 0.6 is 0 Å². The molecule has 0 aromatic heterocycles. The first-order valence-corrected chi connectivity index (χ1v) is 7.83. The second-order valence-electron chi connectivity index (χ2n) is 5.48. The number of carbonyl (C=O) groups excluding carboxylic acids is 1. The Labute approximate surface area is 146 Å². The number of aryl methyl sites for hydroxylation is 1. The number of rotatable bonds is 8. The van der Waals surface area contributed by atoms with E-state index in [1.807, 2.05) is 24.3 Å². The number of carbonyl (C=O) groups is 2. The molecule has 0 heterocycles. The molecule has 25 heavy (non-hydrogen) atoms. The number of amides is 1. The molecule has 2 rings (SSSR count). The molecule has 0 aliphatic heterocycles. The standard InChI is InChI=1S/C19H21NO5/c1-20(15-7-9-16(10-8-15)25-13-19(22)23)18(21)11-6-14-4-3-5-17(12-14)24-2/h3-5,7-10,12H,6,11,13H2,1-2H3,(H,22,23). The van der Waals surface area contributed by atoms with Crippen LogP contribution in [0.15, 0.2) is 48.5 Å². The quantitative estimate of drug-likeness (QED) is 0.797. The number of hydrogen-bond acceptors (Lipinski definition) is 4. The highest BCUT2D eigenvalue weighted by molar-refractivity contribution is 5.92. The van der Waals surface area contributed by atoms with Crippen LogP contribution in [0.25, 0.3) is 0 Å². The predicted molar refractivity (Wildman–Crippen MR) is 94.3 cm³/mol. The van der Waals surface area contributed by atoms with E-state index in [-0.39, 0.29) is 5.91 Å². The molecule has 0 atom stereocenters. The fourth-order valence-corrected chi connectivity index (χ4v) is 2.30. The van der Waals surface area contributed by atoms with E-state index in [0.717, 1.165) is 17.0 Å². The van der Waals surface area contributed by atoms with Crippen molar-refractivity contribution in [3.8, 4) is 11.5 Å². The van der Waals surface area contributed by atoms with Gasteiger partial charge in [-0.05, 0) is 48.4 Å². The van der Waals surface area contributed by atoms with Gasteiger partial charge in [0, 0.05) is 19.2 Å². The van der Waals surface area contributed by atoms with Gasteiger partial charge in [-0.25, -0.2) is 4.79 Å². The van der Waals surface area contributed by atoms with Crippen LogP contribution in [0.3, 0.4) is 0 Å². The van der Waals surface area contributed by atoms with Crippen molar-refractivity contribution in [3.63, 3.8) is 0 Å². The van der Waals surface area contributed by atoms with E-state index in [9.17, 15) is 9.59 Å². The van der Waals surface area contributed by atoms with E-state index in [1.165, 1.54) is 0 Å². The van der Waals surface area contributed by atoms with Gasteiger partial charge in [0.2, 0.25) is 5.91 Å². The van der Waals surface area contributed by atoms with Gasteiger partial charge in [-0.2, -0.15) is 0 Å². The molecule has 0 saturated carbocycles. The van der Waals surface area contributed by atoms with Crippen molar-refractivity contribution < 1.29 is 24.2 Å². The Morgan fingerprint density at radius 3 is 2.44 bits per heavy atom. The van der Waals surface area contributed by atoms with E-state index in [2.05, 4.69) is 0 Å². The van der Waals surface area contributed by atoms with Gasteiger partial charge >= 0.3 is 5.97 Å². The van der Waals surface area contributed by atoms with Crippen molar-refractivity contribution in [2.24, 2.45) is 0 Å². The maximum atomic E-state index is 12.4. The van der Waals surface area contributed by atoms with Crippen molar-refractivity contribution in [1.29, 1.82) is 0 Å². The minimum absolute atomic E-state index is 0.0120. The van der Waals surface area contributed by atoms with Crippen molar-refractivity contribution in [2.45, 2.75) is 12.8 Å². The SMILES string of the molecule is COc1cccc(CCC(=O)N(C)c2ccc(OCC(=O)O)cc2)c1. The number of anilines is 1. The molecule has 0 unspecified atom stereocenters. The summed E-state index contributed by atoms with van der Waals surface area (Å²) in [6.45, 7) is -0.394. The third kappa shape index (κ3) is 5.53. The Hall–Kier alpha value is -3.02. The average Bonchev–Trinajstić information content (AvgIpc) is 2.64. The number of aliphatic carboxylic acids is 1. The lowest BCUT2D eigenvalue weighted by Crippen LogP contribution is -2.26. The summed E-state index contributed by atoms with van der Waals surface area (Å²) in [5.41, 5.74) is 1.76. The fourth-order valence-electron chi connectivity index (χ4n) is 2.30. The third-order valence-electron chi connectivity index (χ3n) is 3.72. The maximum Gasteiger partial charge on any atom is 0.341 e. The van der Waals surface area contributed by atoms with E-state index >= 15 is 0 Å². The molecule has 0 fully saturated rings. The highest BCUT2D eigenvalue weighted by Crippen LogP contribution is 2.20. The molecule has 6 nitrogen and oxygen atoms in total. The van der Waals surface area contributed by atoms with Crippen molar-refractivity contribution in [1.82, 2.24) is 0 Å². The van der Waals surface area contributed by atoms with Crippen LogP contribution < -0.4 is 14.4 Å². The van der Waals surface area contributed by atoms with Gasteiger partial charge in [0.15, 0.2) is 6.61 Å². The lowest BCUT2D eigenvalue weighted by Gasteiger charge is -2.18. The first kappa shape index (κ1) is 18.3. The zero-order chi connectivity index (χ0) is 18.2. The lowest BCUT2D eigenvalue weighted by molar-refractivity contribution is -0.139. The third-order valence-corrected chi connectivity index (χ3v) is 3.72. The highest BCUT2D eigenvalue weighted by Gasteiger charge is 2.11. The minimum atomic E-state index is -1.03. The maximum absolute atomic E-state index is 12.4. The molecule has 6 heteroatoms. The molecule has 0 aliphatic rings. The number of ether oxygens (including phenoxy) is 2. The molecule has 2 aromatic carbocycles. The van der Waals surface area contributed by atoms with Gasteiger partial charge in [0.05, 0.1) is 7.11 Å². The molecule has 1 N–H and O–H groups in total. The van der Waals surface area contributed by atoms with Crippen LogP contribution in [0, 0.1) is 0 Å². The fraction of sp³-hybridized carbons (Fsp3) is 0.263. The average molecular weight is 343 g/mol. The van der Waals surface area contributed by atoms with Crippen LogP contribution in [0.2, 0.25) is 0 Å². The first-order chi connectivity index (χ1) is 12.0. The number of hydrogen-bond donors (Lipinski definition) is 1. The number of carboxylic acid groups (broad SMARTS) is 1. The Balaban J connectivity index is 1.91. The van der Waals surface area contributed by atoms with Crippen LogP contribution in [0.5, 0.6) is 11.5 Å². The zero-order valence-corrected chi connectivity index (χ0v) is 14.3. The summed E-state index contributed by atoms with van der Waals surface area (Å²) in [4.78, 5) is 24.4. The molecule has 0 bridgehead atoms. The van der Waals surface area contributed by atoms with Gasteiger partial charge < -0.3 is 19.5 Å². The largest absolute Gasteiger partial charge is 0.497 e. The highest BCUT2D eigenvalue weighted by atomic mass is 16.5. The predicted octanol–water partition coefficient (Wildman–Crippen LogP) is 2.75. The molecule has 0 aliphatic carbocycles. The molecular formula is C19H21NO5. The van der Waals surface area contributed by atoms with Gasteiger partial charge in [0.25, 0.3) is 0 Å². The zero-order valence-electron chi connectivity index (χ0n) is 14.3. The first-order valence-electron chi connectivity index (χ1n) is 7.83. The van der Waals surface area contributed by atoms with Crippen molar-refractivity contribution in [3.05, 3.63) is 54.1 Å². The van der Waals surface area contributed by atoms with Crippen molar-refractivity contribution in [2.75, 3.05) is 25.7 Å². The van der Waals surface area contributed by atoms with Crippen molar-refractivity contribution >= 4 is 17.6 Å². The second-order valence-corrected chi connectivity index (χ2v) is 5.48. The van der Waals surface area contributed by atoms with Crippen LogP contribution in [0.1, 0.15) is 12.0 Å². The topological polar surface area (TPSA) is 76.1 Å². The summed E-state index contributed by atoms with van der Waals surface area (Å²) in [6, 6.07) is 14.4. The molecule has 0 spiro atoms. The lowest BCUT2D eigenvalue weighted by atomic mass is 10.1. The normalized spacial score (nSPS) is 10.2. The van der Waals surface area contributed by atoms with Gasteiger partial charge in [-0.1, -0.05) is 12.1 Å². The van der Waals surface area contributed by atoms with Gasteiger partial charge in [-0.3, -0.25) is 4.79 Å². The number of carboxylic acids is 1. The van der Waals surface area contributed by atoms with Crippen LogP contribution in [-0.2, 0) is 16.0 Å². The molecule has 132 valence electrons. The molecular weight excluding hydrogens is 322 g/mol. The second kappa shape index (κ2) is 8.73.